The van der Waals surface area contributed by atoms with Gasteiger partial charge in [-0.25, -0.2) is 4.79 Å². The van der Waals surface area contributed by atoms with Gasteiger partial charge >= 0.3 is 6.09 Å². The first-order valence-electron chi connectivity index (χ1n) is 8.96. The number of furan rings is 1. The Labute approximate surface area is 157 Å². The number of carbonyl (C=O) groups is 2. The third-order valence-corrected chi connectivity index (χ3v) is 4.38. The minimum Gasteiger partial charge on any atom is -0.461 e. The third kappa shape index (κ3) is 4.90. The Morgan fingerprint density at radius 1 is 1.26 bits per heavy atom. The summed E-state index contributed by atoms with van der Waals surface area (Å²) in [5.41, 5.74) is -1.02. The van der Waals surface area contributed by atoms with Gasteiger partial charge in [-0.2, -0.15) is 0 Å². The summed E-state index contributed by atoms with van der Waals surface area (Å²) in [6, 6.07) is 4.98. The minimum absolute atomic E-state index is 0.158. The monoisotopic (exact) mass is 375 g/mol. The van der Waals surface area contributed by atoms with Crippen molar-refractivity contribution >= 4 is 12.0 Å². The Morgan fingerprint density at radius 3 is 2.59 bits per heavy atom. The maximum Gasteiger partial charge on any atom is 0.407 e. The van der Waals surface area contributed by atoms with Gasteiger partial charge < -0.3 is 24.3 Å². The van der Waals surface area contributed by atoms with Crippen LogP contribution < -0.4 is 10.6 Å². The number of ether oxygens (including phenoxy) is 1. The van der Waals surface area contributed by atoms with Crippen LogP contribution in [0.25, 0.3) is 11.5 Å². The lowest BCUT2D eigenvalue weighted by Gasteiger charge is -2.31. The van der Waals surface area contributed by atoms with Crippen LogP contribution >= 0.6 is 0 Å². The van der Waals surface area contributed by atoms with Gasteiger partial charge in [0.25, 0.3) is 5.91 Å². The van der Waals surface area contributed by atoms with E-state index in [1.807, 2.05) is 6.92 Å². The van der Waals surface area contributed by atoms with E-state index >= 15 is 0 Å². The van der Waals surface area contributed by atoms with Crippen LogP contribution in [0.1, 0.15) is 51.0 Å². The minimum atomic E-state index is -0.599. The number of rotatable bonds is 6. The molecule has 3 rings (SSSR count). The third-order valence-electron chi connectivity index (χ3n) is 4.38. The largest absolute Gasteiger partial charge is 0.461 e. The number of nitrogens with one attached hydrogen (secondary N) is 2. The molecule has 27 heavy (non-hydrogen) atoms. The normalized spacial score (nSPS) is 16.4. The first kappa shape index (κ1) is 19.0. The van der Waals surface area contributed by atoms with Crippen molar-refractivity contribution in [2.45, 2.75) is 51.7 Å². The molecule has 2 heterocycles. The second kappa shape index (κ2) is 7.09. The fourth-order valence-electron chi connectivity index (χ4n) is 2.82. The van der Waals surface area contributed by atoms with Gasteiger partial charge in [-0.1, -0.05) is 5.16 Å². The van der Waals surface area contributed by atoms with Crippen LogP contribution in [0.5, 0.6) is 0 Å². The van der Waals surface area contributed by atoms with Crippen molar-refractivity contribution in [2.24, 2.45) is 5.92 Å². The molecule has 1 atom stereocenters. The van der Waals surface area contributed by atoms with Crippen LogP contribution in [0.3, 0.4) is 0 Å². The Balaban J connectivity index is 1.63. The zero-order valence-electron chi connectivity index (χ0n) is 16.0. The smallest absolute Gasteiger partial charge is 0.407 e. The summed E-state index contributed by atoms with van der Waals surface area (Å²) in [4.78, 5) is 24.6. The molecule has 8 heteroatoms. The topological polar surface area (TPSA) is 107 Å². The number of carbonyl (C=O) groups excluding carboxylic acids is 2. The first-order chi connectivity index (χ1) is 12.7. The van der Waals surface area contributed by atoms with Gasteiger partial charge in [0, 0.05) is 12.6 Å². The van der Waals surface area contributed by atoms with E-state index in [9.17, 15) is 9.59 Å². The van der Waals surface area contributed by atoms with Crippen molar-refractivity contribution in [3.05, 3.63) is 30.2 Å². The van der Waals surface area contributed by atoms with Gasteiger partial charge in [0.1, 0.15) is 5.60 Å². The summed E-state index contributed by atoms with van der Waals surface area (Å²) in [6.45, 7) is 7.58. The average Bonchev–Trinajstić information content (AvgIpc) is 3.09. The summed E-state index contributed by atoms with van der Waals surface area (Å²) in [5, 5.41) is 9.56. The molecule has 0 bridgehead atoms. The Bertz CT molecular complexity index is 802. The molecule has 1 fully saturated rings. The predicted molar refractivity (Wildman–Crippen MR) is 97.0 cm³/mol. The standard InChI is InChI=1S/C19H25N3O5/c1-18(2,3)26-17(24)20-11-19(4,12-7-8-12)21-16(23)13-10-15(27-22-13)14-6-5-9-25-14/h5-6,9-10,12H,7-8,11H2,1-4H3,(H,20,24)(H,21,23). The summed E-state index contributed by atoms with van der Waals surface area (Å²) in [5.74, 6) is 0.799. The number of nitrogens with zero attached hydrogens (tertiary/aromatic N) is 1. The molecule has 2 aromatic rings. The number of aromatic nitrogens is 1. The van der Waals surface area contributed by atoms with E-state index in [4.69, 9.17) is 13.7 Å². The molecule has 146 valence electrons. The van der Waals surface area contributed by atoms with E-state index in [0.717, 1.165) is 12.8 Å². The van der Waals surface area contributed by atoms with Crippen LogP contribution in [0.2, 0.25) is 0 Å². The number of hydrogen-bond donors (Lipinski definition) is 2. The van der Waals surface area contributed by atoms with Crippen molar-refractivity contribution in [3.8, 4) is 11.5 Å². The van der Waals surface area contributed by atoms with Crippen molar-refractivity contribution in [2.75, 3.05) is 6.54 Å². The van der Waals surface area contributed by atoms with Gasteiger partial charge in [-0.3, -0.25) is 4.79 Å². The van der Waals surface area contributed by atoms with E-state index < -0.39 is 17.2 Å². The predicted octanol–water partition coefficient (Wildman–Crippen LogP) is 3.36. The maximum atomic E-state index is 12.6. The number of hydrogen-bond acceptors (Lipinski definition) is 6. The molecule has 0 spiro atoms. The lowest BCUT2D eigenvalue weighted by molar-refractivity contribution is 0.0502. The SMILES string of the molecule is CC(C)(C)OC(=O)NCC(C)(NC(=O)c1cc(-c2ccco2)on1)C1CC1. The van der Waals surface area contributed by atoms with Gasteiger partial charge in [-0.05, 0) is 58.6 Å². The van der Waals surface area contributed by atoms with Gasteiger partial charge in [0.15, 0.2) is 11.5 Å². The molecule has 2 aromatic heterocycles. The van der Waals surface area contributed by atoms with Crippen molar-refractivity contribution in [3.63, 3.8) is 0 Å². The molecule has 1 unspecified atom stereocenters. The summed E-state index contributed by atoms with van der Waals surface area (Å²) >= 11 is 0. The molecule has 0 saturated heterocycles. The summed E-state index contributed by atoms with van der Waals surface area (Å²) in [6.07, 6.45) is 2.99. The molecular formula is C19H25N3O5. The molecule has 1 saturated carbocycles. The second-order valence-electron chi connectivity index (χ2n) is 8.06. The summed E-state index contributed by atoms with van der Waals surface area (Å²) < 4.78 is 15.7. The molecule has 2 N–H and O–H groups in total. The van der Waals surface area contributed by atoms with Crippen molar-refractivity contribution in [1.29, 1.82) is 0 Å². The van der Waals surface area contributed by atoms with Crippen molar-refractivity contribution < 1.29 is 23.3 Å². The highest BCUT2D eigenvalue weighted by molar-refractivity contribution is 5.93. The zero-order valence-corrected chi connectivity index (χ0v) is 16.0. The molecule has 1 aliphatic rings. The fourth-order valence-corrected chi connectivity index (χ4v) is 2.82. The average molecular weight is 375 g/mol. The van der Waals surface area contributed by atoms with Gasteiger partial charge in [-0.15, -0.1) is 0 Å². The van der Waals surface area contributed by atoms with E-state index in [1.165, 1.54) is 12.3 Å². The number of alkyl carbamates (subject to hydrolysis) is 1. The lowest BCUT2D eigenvalue weighted by atomic mass is 9.95. The van der Waals surface area contributed by atoms with E-state index in [0.29, 0.717) is 11.5 Å². The molecule has 0 aromatic carbocycles. The Morgan fingerprint density at radius 2 is 2.00 bits per heavy atom. The molecule has 0 aliphatic heterocycles. The van der Waals surface area contributed by atoms with Crippen molar-refractivity contribution in [1.82, 2.24) is 15.8 Å². The van der Waals surface area contributed by atoms with Crippen LogP contribution in [-0.4, -0.2) is 34.8 Å². The molecule has 2 amide bonds. The van der Waals surface area contributed by atoms with Crippen LogP contribution in [-0.2, 0) is 4.74 Å². The maximum absolute atomic E-state index is 12.6. The molecule has 0 radical (unpaired) electrons. The molecule has 1 aliphatic carbocycles. The number of amides is 2. The lowest BCUT2D eigenvalue weighted by Crippen LogP contribution is -2.55. The van der Waals surface area contributed by atoms with Crippen LogP contribution in [0, 0.1) is 5.92 Å². The Kier molecular flexibility index (Phi) is 4.99. The van der Waals surface area contributed by atoms with Crippen LogP contribution in [0.4, 0.5) is 4.79 Å². The van der Waals surface area contributed by atoms with E-state index in [1.54, 1.807) is 32.9 Å². The van der Waals surface area contributed by atoms with E-state index in [-0.39, 0.29) is 24.1 Å². The Hall–Kier alpha value is -2.77. The summed E-state index contributed by atoms with van der Waals surface area (Å²) in [7, 11) is 0. The zero-order chi connectivity index (χ0) is 19.7. The van der Waals surface area contributed by atoms with E-state index in [2.05, 4.69) is 15.8 Å². The molecular weight excluding hydrogens is 350 g/mol. The molecule has 8 nitrogen and oxygen atoms in total. The van der Waals surface area contributed by atoms with Gasteiger partial charge in [0.2, 0.25) is 5.76 Å². The highest BCUT2D eigenvalue weighted by atomic mass is 16.6. The van der Waals surface area contributed by atoms with Gasteiger partial charge in [0.05, 0.1) is 11.8 Å². The van der Waals surface area contributed by atoms with Crippen LogP contribution in [0.15, 0.2) is 33.4 Å². The first-order valence-corrected chi connectivity index (χ1v) is 8.96. The highest BCUT2D eigenvalue weighted by Crippen LogP contribution is 2.39. The fraction of sp³-hybridized carbons (Fsp3) is 0.526. The second-order valence-corrected chi connectivity index (χ2v) is 8.06. The highest BCUT2D eigenvalue weighted by Gasteiger charge is 2.43. The quantitative estimate of drug-likeness (QED) is 0.802.